The van der Waals surface area contributed by atoms with E-state index in [0.29, 0.717) is 0 Å². The van der Waals surface area contributed by atoms with Crippen LogP contribution in [0.25, 0.3) is 0 Å². The molecule has 0 nitrogen and oxygen atoms in total. The molecule has 1 aliphatic carbocycles. The smallest absolute Gasteiger partial charge is 0.170 e. The molecule has 0 radical (unpaired) electrons. The molecule has 16 heavy (non-hydrogen) atoms. The summed E-state index contributed by atoms with van der Waals surface area (Å²) in [5.41, 5.74) is -1.02. The summed E-state index contributed by atoms with van der Waals surface area (Å²) < 4.78 is 74.1. The number of allylic oxidation sites excluding steroid dienone is 4. The third kappa shape index (κ3) is 3.02. The summed E-state index contributed by atoms with van der Waals surface area (Å²) in [5.74, 6) is -2.02. The molecule has 0 bridgehead atoms. The molecule has 0 aromatic rings. The van der Waals surface area contributed by atoms with E-state index >= 15 is 0 Å². The maximum atomic E-state index is 12.4. The van der Waals surface area contributed by atoms with E-state index in [1.54, 1.807) is 6.92 Å². The second-order valence-electron chi connectivity index (χ2n) is 3.63. The van der Waals surface area contributed by atoms with E-state index in [9.17, 15) is 26.3 Å². The summed E-state index contributed by atoms with van der Waals surface area (Å²) in [6, 6.07) is 0. The highest BCUT2D eigenvalue weighted by Gasteiger charge is 2.43. The minimum atomic E-state index is -4.72. The van der Waals surface area contributed by atoms with Gasteiger partial charge in [0.15, 0.2) is 0 Å². The molecule has 1 unspecified atom stereocenters. The molecule has 0 aromatic heterocycles. The summed E-state index contributed by atoms with van der Waals surface area (Å²) in [4.78, 5) is 0. The van der Waals surface area contributed by atoms with Gasteiger partial charge < -0.3 is 0 Å². The van der Waals surface area contributed by atoms with Gasteiger partial charge in [0.2, 0.25) is 0 Å². The van der Waals surface area contributed by atoms with Gasteiger partial charge in [-0.3, -0.25) is 0 Å². The van der Waals surface area contributed by atoms with Crippen molar-refractivity contribution in [2.45, 2.75) is 32.1 Å². The average molecular weight is 244 g/mol. The Kier molecular flexibility index (Phi) is 3.40. The van der Waals surface area contributed by atoms with Crippen molar-refractivity contribution in [3.63, 3.8) is 0 Å². The highest BCUT2D eigenvalue weighted by atomic mass is 19.4. The van der Waals surface area contributed by atoms with Crippen molar-refractivity contribution < 1.29 is 26.3 Å². The molecule has 0 N–H and O–H groups in total. The summed E-state index contributed by atoms with van der Waals surface area (Å²) in [5, 5.41) is 0. The van der Waals surface area contributed by atoms with Gasteiger partial charge in [-0.05, 0) is 12.8 Å². The second kappa shape index (κ2) is 4.14. The first-order valence-corrected chi connectivity index (χ1v) is 4.69. The van der Waals surface area contributed by atoms with Crippen LogP contribution in [0.3, 0.4) is 0 Å². The molecular weight excluding hydrogens is 234 g/mol. The maximum absolute atomic E-state index is 12.4. The third-order valence-corrected chi connectivity index (χ3v) is 2.42. The third-order valence-electron chi connectivity index (χ3n) is 2.42. The van der Waals surface area contributed by atoms with Gasteiger partial charge in [0.25, 0.3) is 0 Å². The SMILES string of the molecule is CCC1=CC(C(F)(F)F)=CC(C(F)(F)F)C1. The summed E-state index contributed by atoms with van der Waals surface area (Å²) in [6.45, 7) is 1.54. The van der Waals surface area contributed by atoms with Crippen molar-refractivity contribution in [3.05, 3.63) is 23.3 Å². The van der Waals surface area contributed by atoms with Crippen LogP contribution in [0.4, 0.5) is 26.3 Å². The normalized spacial score (nSPS) is 22.8. The highest BCUT2D eigenvalue weighted by molar-refractivity contribution is 5.33. The summed E-state index contributed by atoms with van der Waals surface area (Å²) in [7, 11) is 0. The topological polar surface area (TPSA) is 0 Å². The van der Waals surface area contributed by atoms with Gasteiger partial charge in [-0.2, -0.15) is 26.3 Å². The lowest BCUT2D eigenvalue weighted by Gasteiger charge is -2.24. The first kappa shape index (κ1) is 13.1. The van der Waals surface area contributed by atoms with Crippen molar-refractivity contribution in [1.29, 1.82) is 0 Å². The van der Waals surface area contributed by atoms with Gasteiger partial charge in [-0.25, -0.2) is 0 Å². The molecular formula is C10H10F6. The number of hydrogen-bond donors (Lipinski definition) is 0. The van der Waals surface area contributed by atoms with Crippen molar-refractivity contribution in [1.82, 2.24) is 0 Å². The fraction of sp³-hybridized carbons (Fsp3) is 0.600. The molecule has 0 saturated carbocycles. The van der Waals surface area contributed by atoms with Crippen LogP contribution in [0.1, 0.15) is 19.8 Å². The standard InChI is InChI=1S/C10H10F6/c1-2-6-3-7(9(11,12)13)5-8(4-6)10(14,15)16/h3,5,8H,2,4H2,1H3. The van der Waals surface area contributed by atoms with Gasteiger partial charge in [0, 0.05) is 0 Å². The Morgan fingerprint density at radius 3 is 2.12 bits per heavy atom. The van der Waals surface area contributed by atoms with Crippen molar-refractivity contribution in [2.24, 2.45) is 5.92 Å². The van der Waals surface area contributed by atoms with Crippen LogP contribution in [0.2, 0.25) is 0 Å². The lowest BCUT2D eigenvalue weighted by atomic mass is 9.88. The Bertz CT molecular complexity index is 317. The molecule has 1 rings (SSSR count). The zero-order chi connectivity index (χ0) is 12.6. The van der Waals surface area contributed by atoms with Gasteiger partial charge in [0.05, 0.1) is 11.5 Å². The van der Waals surface area contributed by atoms with E-state index in [1.807, 2.05) is 0 Å². The fourth-order valence-electron chi connectivity index (χ4n) is 1.52. The highest BCUT2D eigenvalue weighted by Crippen LogP contribution is 2.40. The molecule has 92 valence electrons. The van der Waals surface area contributed by atoms with Gasteiger partial charge >= 0.3 is 12.4 Å². The second-order valence-corrected chi connectivity index (χ2v) is 3.63. The monoisotopic (exact) mass is 244 g/mol. The predicted octanol–water partition coefficient (Wildman–Crippen LogP) is 4.39. The van der Waals surface area contributed by atoms with E-state index in [2.05, 4.69) is 0 Å². The first-order chi connectivity index (χ1) is 7.14. The van der Waals surface area contributed by atoms with E-state index in [0.717, 1.165) is 6.08 Å². The Morgan fingerprint density at radius 2 is 1.75 bits per heavy atom. The molecule has 1 atom stereocenters. The summed E-state index contributed by atoms with van der Waals surface area (Å²) in [6.07, 6.45) is -8.45. The number of alkyl halides is 6. The Morgan fingerprint density at radius 1 is 1.19 bits per heavy atom. The molecule has 0 heterocycles. The van der Waals surface area contributed by atoms with Crippen molar-refractivity contribution in [2.75, 3.05) is 0 Å². The zero-order valence-corrected chi connectivity index (χ0v) is 8.41. The quantitative estimate of drug-likeness (QED) is 0.600. The van der Waals surface area contributed by atoms with E-state index in [1.165, 1.54) is 0 Å². The molecule has 0 spiro atoms. The van der Waals surface area contributed by atoms with Gasteiger partial charge in [0.1, 0.15) is 0 Å². The van der Waals surface area contributed by atoms with Crippen LogP contribution in [0, 0.1) is 5.92 Å². The minimum absolute atomic E-state index is 0.178. The van der Waals surface area contributed by atoms with Crippen LogP contribution in [-0.2, 0) is 0 Å². The number of rotatable bonds is 1. The average Bonchev–Trinajstić information content (AvgIpc) is 2.14. The molecule has 0 aromatic carbocycles. The van der Waals surface area contributed by atoms with Crippen LogP contribution >= 0.6 is 0 Å². The van der Waals surface area contributed by atoms with Crippen LogP contribution in [0.5, 0.6) is 0 Å². The lowest BCUT2D eigenvalue weighted by Crippen LogP contribution is -2.26. The fourth-order valence-corrected chi connectivity index (χ4v) is 1.52. The lowest BCUT2D eigenvalue weighted by molar-refractivity contribution is -0.162. The van der Waals surface area contributed by atoms with Crippen LogP contribution in [-0.4, -0.2) is 12.4 Å². The van der Waals surface area contributed by atoms with E-state index < -0.39 is 23.8 Å². The molecule has 0 fully saturated rings. The molecule has 0 saturated heterocycles. The zero-order valence-electron chi connectivity index (χ0n) is 8.41. The number of hydrogen-bond acceptors (Lipinski definition) is 0. The van der Waals surface area contributed by atoms with E-state index in [-0.39, 0.29) is 24.5 Å². The Hall–Kier alpha value is -0.940. The first-order valence-electron chi connectivity index (χ1n) is 4.69. The summed E-state index contributed by atoms with van der Waals surface area (Å²) >= 11 is 0. The van der Waals surface area contributed by atoms with E-state index in [4.69, 9.17) is 0 Å². The minimum Gasteiger partial charge on any atom is -0.170 e. The maximum Gasteiger partial charge on any atom is 0.416 e. The van der Waals surface area contributed by atoms with Crippen LogP contribution in [0.15, 0.2) is 23.3 Å². The van der Waals surface area contributed by atoms with Gasteiger partial charge in [-0.1, -0.05) is 24.6 Å². The molecule has 1 aliphatic rings. The van der Waals surface area contributed by atoms with Crippen molar-refractivity contribution in [3.8, 4) is 0 Å². The number of halogens is 6. The van der Waals surface area contributed by atoms with Crippen LogP contribution < -0.4 is 0 Å². The Balaban J connectivity index is 3.05. The van der Waals surface area contributed by atoms with Gasteiger partial charge in [-0.15, -0.1) is 0 Å². The largest absolute Gasteiger partial charge is 0.416 e. The molecule has 0 aliphatic heterocycles. The predicted molar refractivity (Wildman–Crippen MR) is 46.7 cm³/mol. The van der Waals surface area contributed by atoms with Crippen molar-refractivity contribution >= 4 is 0 Å². The molecule has 6 heteroatoms. The Labute approximate surface area is 88.6 Å². The molecule has 0 amide bonds.